The molecule has 196 valence electrons. The number of carbonyl (C=O) groups is 3. The standard InChI is InChI=1S/C28H35ClO6Se/c1-15(2)21-11-8-16(3)12-22(21)34-27(32)28(35-25(30)19-6-5-7-20(29)14-19)36-24-18-10-9-17(13-18)23(24)26(31)33-4/h5-7,9-10,14-18,21-24,28H,8,11-13H2,1-4H3/t16-,17-,18+,21+,22-,23?,24+,28?/m1/s1. The minimum absolute atomic E-state index is 0.0964. The van der Waals surface area contributed by atoms with E-state index in [4.69, 9.17) is 25.8 Å². The van der Waals surface area contributed by atoms with Crippen LogP contribution in [0, 0.1) is 35.5 Å². The van der Waals surface area contributed by atoms with Crippen molar-refractivity contribution in [3.63, 3.8) is 0 Å². The zero-order valence-corrected chi connectivity index (χ0v) is 23.7. The van der Waals surface area contributed by atoms with Gasteiger partial charge in [0.25, 0.3) is 0 Å². The Morgan fingerprint density at radius 2 is 1.83 bits per heavy atom. The van der Waals surface area contributed by atoms with Crippen LogP contribution in [0.5, 0.6) is 0 Å². The Bertz CT molecular complexity index is 1010. The molecule has 4 rings (SSSR count). The third-order valence-corrected chi connectivity index (χ3v) is 11.2. The third-order valence-electron chi connectivity index (χ3n) is 7.84. The van der Waals surface area contributed by atoms with Crippen molar-refractivity contribution < 1.29 is 28.6 Å². The summed E-state index contributed by atoms with van der Waals surface area (Å²) in [5, 5.41) is -0.645. The van der Waals surface area contributed by atoms with Gasteiger partial charge in [-0.25, -0.2) is 0 Å². The average molecular weight is 582 g/mol. The molecule has 0 saturated heterocycles. The predicted molar refractivity (Wildman–Crippen MR) is 138 cm³/mol. The molecule has 8 atom stereocenters. The summed E-state index contributed by atoms with van der Waals surface area (Å²) in [5.74, 6) is -0.344. The van der Waals surface area contributed by atoms with Gasteiger partial charge in [0, 0.05) is 0 Å². The van der Waals surface area contributed by atoms with Gasteiger partial charge in [0.05, 0.1) is 0 Å². The van der Waals surface area contributed by atoms with Crippen LogP contribution in [0.2, 0.25) is 9.84 Å². The second kappa shape index (κ2) is 11.7. The van der Waals surface area contributed by atoms with E-state index < -0.39 is 31.9 Å². The number of halogens is 1. The van der Waals surface area contributed by atoms with Crippen molar-refractivity contribution in [2.75, 3.05) is 7.11 Å². The first-order chi connectivity index (χ1) is 17.2. The SMILES string of the molecule is COC(=O)C1[C@@H]2C=C[C@@H](C2)[C@@H]1[Se]C(OC(=O)c1cccc(Cl)c1)C(=O)O[C@@H]1C[C@H](C)CC[C@H]1C(C)C. The Hall–Kier alpha value is -1.82. The molecule has 0 radical (unpaired) electrons. The Morgan fingerprint density at radius 1 is 1.08 bits per heavy atom. The second-order valence-electron chi connectivity index (χ2n) is 10.6. The molecule has 3 aliphatic rings. The van der Waals surface area contributed by atoms with Crippen molar-refractivity contribution in [3.05, 3.63) is 47.0 Å². The molecule has 6 nitrogen and oxygen atoms in total. The van der Waals surface area contributed by atoms with Gasteiger partial charge in [-0.15, -0.1) is 0 Å². The summed E-state index contributed by atoms with van der Waals surface area (Å²) in [5.41, 5.74) is 0.278. The van der Waals surface area contributed by atoms with Gasteiger partial charge in [-0.1, -0.05) is 0 Å². The summed E-state index contributed by atoms with van der Waals surface area (Å²) in [4.78, 5) is 39.2. The van der Waals surface area contributed by atoms with Gasteiger partial charge < -0.3 is 0 Å². The van der Waals surface area contributed by atoms with Crippen molar-refractivity contribution in [3.8, 4) is 0 Å². The van der Waals surface area contributed by atoms with Crippen LogP contribution in [0.3, 0.4) is 0 Å². The van der Waals surface area contributed by atoms with Crippen LogP contribution in [0.25, 0.3) is 0 Å². The molecule has 0 N–H and O–H groups in total. The van der Waals surface area contributed by atoms with Gasteiger partial charge in [-0.2, -0.15) is 0 Å². The molecule has 2 fully saturated rings. The number of carbonyl (C=O) groups excluding carboxylic acids is 3. The maximum absolute atomic E-state index is 13.6. The van der Waals surface area contributed by atoms with E-state index in [1.165, 1.54) is 13.2 Å². The number of esters is 3. The molecule has 2 bridgehead atoms. The van der Waals surface area contributed by atoms with Gasteiger partial charge in [0.1, 0.15) is 0 Å². The van der Waals surface area contributed by atoms with Crippen LogP contribution >= 0.6 is 11.6 Å². The quantitative estimate of drug-likeness (QED) is 0.179. The molecule has 0 heterocycles. The summed E-state index contributed by atoms with van der Waals surface area (Å²) < 4.78 is 17.0. The Kier molecular flexibility index (Phi) is 8.85. The van der Waals surface area contributed by atoms with E-state index >= 15 is 0 Å². The third kappa shape index (κ3) is 6.00. The first-order valence-corrected chi connectivity index (χ1v) is 15.1. The normalized spacial score (nSPS) is 31.8. The molecular weight excluding hydrogens is 547 g/mol. The molecule has 0 aliphatic heterocycles. The fourth-order valence-electron chi connectivity index (χ4n) is 5.92. The molecule has 0 amide bonds. The molecular formula is C28H35ClO6Se. The van der Waals surface area contributed by atoms with Crippen LogP contribution < -0.4 is 0 Å². The van der Waals surface area contributed by atoms with Crippen molar-refractivity contribution in [2.45, 2.75) is 62.4 Å². The number of fused-ring (bicyclic) bond motifs is 2. The van der Waals surface area contributed by atoms with E-state index in [-0.39, 0.29) is 46.1 Å². The van der Waals surface area contributed by atoms with Gasteiger partial charge in [-0.3, -0.25) is 0 Å². The van der Waals surface area contributed by atoms with E-state index in [0.717, 1.165) is 25.7 Å². The minimum atomic E-state index is -1.06. The Morgan fingerprint density at radius 3 is 2.53 bits per heavy atom. The fourth-order valence-corrected chi connectivity index (χ4v) is 9.21. The van der Waals surface area contributed by atoms with E-state index in [1.807, 2.05) is 0 Å². The summed E-state index contributed by atoms with van der Waals surface area (Å²) in [6.45, 7) is 6.50. The van der Waals surface area contributed by atoms with Crippen molar-refractivity contribution in [2.24, 2.45) is 35.5 Å². The first-order valence-electron chi connectivity index (χ1n) is 12.8. The topological polar surface area (TPSA) is 78.9 Å². The Labute approximate surface area is 224 Å². The summed E-state index contributed by atoms with van der Waals surface area (Å²) >= 11 is 5.55. The summed E-state index contributed by atoms with van der Waals surface area (Å²) in [6, 6.07) is 6.47. The zero-order chi connectivity index (χ0) is 26.0. The second-order valence-corrected chi connectivity index (χ2v) is 13.7. The summed E-state index contributed by atoms with van der Waals surface area (Å²) in [7, 11) is 1.39. The molecule has 1 aromatic carbocycles. The number of methoxy groups -OCH3 is 1. The van der Waals surface area contributed by atoms with E-state index in [1.54, 1.807) is 18.2 Å². The number of rotatable bonds is 8. The molecule has 0 aromatic heterocycles. The molecule has 8 heteroatoms. The van der Waals surface area contributed by atoms with Crippen LogP contribution in [-0.2, 0) is 23.8 Å². The molecule has 1 aromatic rings. The number of hydrogen-bond donors (Lipinski definition) is 0. The van der Waals surface area contributed by atoms with Gasteiger partial charge in [0.15, 0.2) is 0 Å². The van der Waals surface area contributed by atoms with E-state index in [0.29, 0.717) is 16.9 Å². The molecule has 3 aliphatic carbocycles. The van der Waals surface area contributed by atoms with Crippen molar-refractivity contribution in [1.29, 1.82) is 0 Å². The monoisotopic (exact) mass is 582 g/mol. The van der Waals surface area contributed by atoms with Gasteiger partial charge >= 0.3 is 225 Å². The van der Waals surface area contributed by atoms with Gasteiger partial charge in [-0.05, 0) is 0 Å². The molecule has 2 saturated carbocycles. The average Bonchev–Trinajstić information content (AvgIpc) is 3.45. The van der Waals surface area contributed by atoms with Crippen LogP contribution in [-0.4, -0.2) is 51.1 Å². The fraction of sp³-hybridized carbons (Fsp3) is 0.607. The van der Waals surface area contributed by atoms with Crippen LogP contribution in [0.4, 0.5) is 0 Å². The number of ether oxygens (including phenoxy) is 3. The predicted octanol–water partition coefficient (Wildman–Crippen LogP) is 5.31. The first kappa shape index (κ1) is 27.2. The number of allylic oxidation sites excluding steroid dienone is 2. The van der Waals surface area contributed by atoms with Crippen LogP contribution in [0.1, 0.15) is 56.8 Å². The maximum atomic E-state index is 13.6. The number of benzene rings is 1. The zero-order valence-electron chi connectivity index (χ0n) is 21.2. The van der Waals surface area contributed by atoms with E-state index in [9.17, 15) is 14.4 Å². The van der Waals surface area contributed by atoms with Crippen molar-refractivity contribution in [1.82, 2.24) is 0 Å². The molecule has 0 spiro atoms. The van der Waals surface area contributed by atoms with Crippen molar-refractivity contribution >= 4 is 44.5 Å². The summed E-state index contributed by atoms with van der Waals surface area (Å²) in [6.07, 6.45) is 7.77. The molecule has 2 unspecified atom stereocenters. The van der Waals surface area contributed by atoms with Gasteiger partial charge in [0.2, 0.25) is 0 Å². The van der Waals surface area contributed by atoms with E-state index in [2.05, 4.69) is 32.9 Å². The van der Waals surface area contributed by atoms with Crippen LogP contribution in [0.15, 0.2) is 36.4 Å². The Balaban J connectivity index is 1.56. The molecule has 36 heavy (non-hydrogen) atoms. The number of hydrogen-bond acceptors (Lipinski definition) is 6.